The zero-order chi connectivity index (χ0) is 10.7. The number of carbonyl (C=O) groups is 1. The number of hydrogen-bond acceptors (Lipinski definition) is 3. The van der Waals surface area contributed by atoms with E-state index in [1.165, 1.54) is 0 Å². The molecule has 1 aliphatic rings. The monoisotopic (exact) mass is 205 g/mol. The topological polar surface area (TPSA) is 38.3 Å². The molecule has 3 nitrogen and oxygen atoms in total. The number of ether oxygens (including phenoxy) is 1. The Hall–Kier alpha value is -1.35. The van der Waals surface area contributed by atoms with E-state index in [-0.39, 0.29) is 18.0 Å². The first-order valence-corrected chi connectivity index (χ1v) is 5.23. The molecule has 1 aromatic carbocycles. The van der Waals surface area contributed by atoms with Gasteiger partial charge >= 0.3 is 5.97 Å². The lowest BCUT2D eigenvalue weighted by Crippen LogP contribution is -2.47. The van der Waals surface area contributed by atoms with Crippen LogP contribution in [0.1, 0.15) is 18.6 Å². The highest BCUT2D eigenvalue weighted by molar-refractivity contribution is 5.74. The molecule has 0 radical (unpaired) electrons. The van der Waals surface area contributed by atoms with E-state index in [0.29, 0.717) is 0 Å². The average molecular weight is 205 g/mol. The predicted octanol–water partition coefficient (Wildman–Crippen LogP) is 1.51. The molecule has 0 aliphatic carbocycles. The molecule has 1 aliphatic heterocycles. The number of esters is 1. The lowest BCUT2D eigenvalue weighted by atomic mass is 10.0. The highest BCUT2D eigenvalue weighted by Crippen LogP contribution is 2.18. The third kappa shape index (κ3) is 2.36. The molecule has 3 heteroatoms. The SMILES string of the molecule is CC(OC(=O)C1CNC1)c1ccccc1. The molecule has 80 valence electrons. The van der Waals surface area contributed by atoms with Crippen molar-refractivity contribution < 1.29 is 9.53 Å². The normalized spacial score (nSPS) is 17.9. The van der Waals surface area contributed by atoms with Crippen LogP contribution in [-0.4, -0.2) is 19.1 Å². The zero-order valence-electron chi connectivity index (χ0n) is 8.77. The molecular formula is C12H15NO2. The van der Waals surface area contributed by atoms with E-state index in [1.807, 2.05) is 37.3 Å². The van der Waals surface area contributed by atoms with Gasteiger partial charge in [-0.05, 0) is 12.5 Å². The Balaban J connectivity index is 1.91. The van der Waals surface area contributed by atoms with E-state index >= 15 is 0 Å². The second-order valence-electron chi connectivity index (χ2n) is 3.84. The summed E-state index contributed by atoms with van der Waals surface area (Å²) in [5.74, 6) is -0.0405. The Labute approximate surface area is 89.4 Å². The highest BCUT2D eigenvalue weighted by atomic mass is 16.5. The van der Waals surface area contributed by atoms with Crippen LogP contribution in [0.5, 0.6) is 0 Å². The number of carbonyl (C=O) groups excluding carboxylic acids is 1. The summed E-state index contributed by atoms with van der Waals surface area (Å²) in [5, 5.41) is 3.05. The molecule has 0 saturated carbocycles. The number of hydrogen-bond donors (Lipinski definition) is 1. The van der Waals surface area contributed by atoms with Crippen molar-refractivity contribution in [1.82, 2.24) is 5.32 Å². The maximum absolute atomic E-state index is 11.5. The third-order valence-corrected chi connectivity index (χ3v) is 2.68. The predicted molar refractivity (Wildman–Crippen MR) is 57.3 cm³/mol. The molecule has 0 aromatic heterocycles. The standard InChI is InChI=1S/C12H15NO2/c1-9(10-5-3-2-4-6-10)15-12(14)11-7-13-8-11/h2-6,9,11,13H,7-8H2,1H3. The Morgan fingerprint density at radius 1 is 1.40 bits per heavy atom. The summed E-state index contributed by atoms with van der Waals surface area (Å²) in [7, 11) is 0. The second kappa shape index (κ2) is 4.45. The molecule has 1 N–H and O–H groups in total. The fourth-order valence-corrected chi connectivity index (χ4v) is 1.52. The van der Waals surface area contributed by atoms with Gasteiger partial charge in [-0.25, -0.2) is 0 Å². The van der Waals surface area contributed by atoms with Crippen LogP contribution < -0.4 is 5.32 Å². The second-order valence-corrected chi connectivity index (χ2v) is 3.84. The van der Waals surface area contributed by atoms with Gasteiger partial charge in [0, 0.05) is 13.1 Å². The number of nitrogens with one attached hydrogen (secondary N) is 1. The fourth-order valence-electron chi connectivity index (χ4n) is 1.52. The first-order chi connectivity index (χ1) is 7.27. The van der Waals surface area contributed by atoms with Crippen LogP contribution in [0.2, 0.25) is 0 Å². The molecule has 0 spiro atoms. The molecule has 2 rings (SSSR count). The largest absolute Gasteiger partial charge is 0.457 e. The summed E-state index contributed by atoms with van der Waals surface area (Å²) in [6.07, 6.45) is -0.153. The zero-order valence-corrected chi connectivity index (χ0v) is 8.77. The van der Waals surface area contributed by atoms with E-state index < -0.39 is 0 Å². The minimum absolute atomic E-state index is 0.0520. The molecule has 1 heterocycles. The first kappa shape index (κ1) is 10.2. The van der Waals surface area contributed by atoms with Gasteiger partial charge in [0.05, 0.1) is 5.92 Å². The van der Waals surface area contributed by atoms with Gasteiger partial charge < -0.3 is 10.1 Å². The molecule has 15 heavy (non-hydrogen) atoms. The van der Waals surface area contributed by atoms with Gasteiger partial charge in [-0.3, -0.25) is 4.79 Å². The van der Waals surface area contributed by atoms with Crippen molar-refractivity contribution in [1.29, 1.82) is 0 Å². The Morgan fingerprint density at radius 3 is 2.60 bits per heavy atom. The van der Waals surface area contributed by atoms with Crippen molar-refractivity contribution in [3.05, 3.63) is 35.9 Å². The minimum atomic E-state index is -0.153. The summed E-state index contributed by atoms with van der Waals surface area (Å²) < 4.78 is 5.36. The van der Waals surface area contributed by atoms with E-state index in [1.54, 1.807) is 0 Å². The number of rotatable bonds is 3. The molecule has 0 amide bonds. The minimum Gasteiger partial charge on any atom is -0.457 e. The van der Waals surface area contributed by atoms with Crippen LogP contribution in [0.15, 0.2) is 30.3 Å². The van der Waals surface area contributed by atoms with Crippen LogP contribution in [0.3, 0.4) is 0 Å². The average Bonchev–Trinajstić information content (AvgIpc) is 2.16. The Morgan fingerprint density at radius 2 is 2.07 bits per heavy atom. The molecule has 0 bridgehead atoms. The summed E-state index contributed by atoms with van der Waals surface area (Å²) in [4.78, 5) is 11.5. The van der Waals surface area contributed by atoms with E-state index in [0.717, 1.165) is 18.7 Å². The Kier molecular flexibility index (Phi) is 3.02. The molecule has 1 atom stereocenters. The summed E-state index contributed by atoms with van der Waals surface area (Å²) in [5.41, 5.74) is 1.04. The molecule has 1 fully saturated rings. The van der Waals surface area contributed by atoms with Gasteiger partial charge in [0.15, 0.2) is 0 Å². The van der Waals surface area contributed by atoms with Gasteiger partial charge in [-0.2, -0.15) is 0 Å². The number of benzene rings is 1. The molecule has 1 saturated heterocycles. The van der Waals surface area contributed by atoms with E-state index in [2.05, 4.69) is 5.32 Å². The molecule has 1 aromatic rings. The van der Waals surface area contributed by atoms with Gasteiger partial charge in [-0.15, -0.1) is 0 Å². The van der Waals surface area contributed by atoms with Gasteiger partial charge in [-0.1, -0.05) is 30.3 Å². The van der Waals surface area contributed by atoms with Crippen LogP contribution in [0.25, 0.3) is 0 Å². The van der Waals surface area contributed by atoms with Crippen molar-refractivity contribution in [2.45, 2.75) is 13.0 Å². The fraction of sp³-hybridized carbons (Fsp3) is 0.417. The van der Waals surface area contributed by atoms with E-state index in [4.69, 9.17) is 4.74 Å². The summed E-state index contributed by atoms with van der Waals surface area (Å²) >= 11 is 0. The van der Waals surface area contributed by atoms with Gasteiger partial charge in [0.2, 0.25) is 0 Å². The van der Waals surface area contributed by atoms with Crippen molar-refractivity contribution in [2.24, 2.45) is 5.92 Å². The van der Waals surface area contributed by atoms with Gasteiger partial charge in [0.1, 0.15) is 6.10 Å². The summed E-state index contributed by atoms with van der Waals surface area (Å²) in [6, 6.07) is 9.79. The maximum atomic E-state index is 11.5. The summed E-state index contributed by atoms with van der Waals surface area (Å²) in [6.45, 7) is 3.40. The third-order valence-electron chi connectivity index (χ3n) is 2.68. The van der Waals surface area contributed by atoms with Crippen LogP contribution >= 0.6 is 0 Å². The van der Waals surface area contributed by atoms with E-state index in [9.17, 15) is 4.79 Å². The van der Waals surface area contributed by atoms with Crippen LogP contribution in [0, 0.1) is 5.92 Å². The smallest absolute Gasteiger partial charge is 0.312 e. The lowest BCUT2D eigenvalue weighted by Gasteiger charge is -2.26. The molecule has 1 unspecified atom stereocenters. The quantitative estimate of drug-likeness (QED) is 0.760. The van der Waals surface area contributed by atoms with Crippen molar-refractivity contribution in [2.75, 3.05) is 13.1 Å². The lowest BCUT2D eigenvalue weighted by molar-refractivity contribution is -0.155. The highest BCUT2D eigenvalue weighted by Gasteiger charge is 2.27. The van der Waals surface area contributed by atoms with Crippen molar-refractivity contribution in [3.8, 4) is 0 Å². The van der Waals surface area contributed by atoms with Crippen molar-refractivity contribution in [3.63, 3.8) is 0 Å². The van der Waals surface area contributed by atoms with Crippen molar-refractivity contribution >= 4 is 5.97 Å². The van der Waals surface area contributed by atoms with Crippen LogP contribution in [0.4, 0.5) is 0 Å². The maximum Gasteiger partial charge on any atom is 0.312 e. The van der Waals surface area contributed by atoms with Gasteiger partial charge in [0.25, 0.3) is 0 Å². The molecular weight excluding hydrogens is 190 g/mol. The first-order valence-electron chi connectivity index (χ1n) is 5.23. The van der Waals surface area contributed by atoms with Crippen LogP contribution in [-0.2, 0) is 9.53 Å². The Bertz CT molecular complexity index is 333.